The second-order valence-corrected chi connectivity index (χ2v) is 5.33. The maximum atomic E-state index is 5.32. The average molecular weight is 249 g/mol. The van der Waals surface area contributed by atoms with Gasteiger partial charge in [-0.25, -0.2) is 0 Å². The van der Waals surface area contributed by atoms with E-state index in [9.17, 15) is 0 Å². The molecule has 1 saturated heterocycles. The minimum atomic E-state index is 0.688. The van der Waals surface area contributed by atoms with Crippen molar-refractivity contribution in [3.05, 3.63) is 23.4 Å². The molecule has 0 saturated carbocycles. The Morgan fingerprint density at radius 2 is 2.29 bits per heavy atom. The van der Waals surface area contributed by atoms with Crippen LogP contribution >= 0.6 is 11.3 Å². The number of aromatic nitrogens is 2. The lowest BCUT2D eigenvalue weighted by molar-refractivity contribution is 0.313. The first-order valence-electron chi connectivity index (χ1n) is 5.99. The Labute approximate surface area is 104 Å². The fraction of sp³-hybridized carbons (Fsp3) is 0.500. The molecule has 0 aliphatic carbocycles. The second-order valence-electron chi connectivity index (χ2n) is 4.39. The summed E-state index contributed by atoms with van der Waals surface area (Å²) < 4.78 is 5.32. The number of rotatable bonds is 3. The van der Waals surface area contributed by atoms with E-state index in [1.54, 1.807) is 11.3 Å². The van der Waals surface area contributed by atoms with Crippen LogP contribution in [0.3, 0.4) is 0 Å². The normalized spacial score (nSPS) is 17.4. The van der Waals surface area contributed by atoms with E-state index in [4.69, 9.17) is 4.52 Å². The number of hydrogen-bond acceptors (Lipinski definition) is 5. The minimum Gasteiger partial charge on any atom is -0.339 e. The zero-order valence-corrected chi connectivity index (χ0v) is 10.4. The van der Waals surface area contributed by atoms with Gasteiger partial charge in [0.25, 0.3) is 0 Å². The van der Waals surface area contributed by atoms with Crippen LogP contribution in [0, 0.1) is 5.92 Å². The molecule has 5 heteroatoms. The van der Waals surface area contributed by atoms with E-state index >= 15 is 0 Å². The molecule has 2 aromatic rings. The van der Waals surface area contributed by atoms with E-state index in [1.807, 2.05) is 17.5 Å². The van der Waals surface area contributed by atoms with Crippen LogP contribution in [0.1, 0.15) is 18.7 Å². The predicted molar refractivity (Wildman–Crippen MR) is 66.9 cm³/mol. The Hall–Kier alpha value is -1.20. The van der Waals surface area contributed by atoms with Gasteiger partial charge in [-0.05, 0) is 43.3 Å². The number of thiophene rings is 1. The quantitative estimate of drug-likeness (QED) is 0.907. The molecule has 1 N–H and O–H groups in total. The predicted octanol–water partition coefficient (Wildman–Crippen LogP) is 2.34. The lowest BCUT2D eigenvalue weighted by atomic mass is 9.95. The molecule has 90 valence electrons. The van der Waals surface area contributed by atoms with Crippen LogP contribution in [0.2, 0.25) is 0 Å². The first-order chi connectivity index (χ1) is 8.42. The molecule has 0 radical (unpaired) electrons. The number of nitrogens with zero attached hydrogens (tertiary/aromatic N) is 2. The largest absolute Gasteiger partial charge is 0.339 e. The lowest BCUT2D eigenvalue weighted by Gasteiger charge is -2.20. The Bertz CT molecular complexity index is 460. The van der Waals surface area contributed by atoms with Gasteiger partial charge in [0.1, 0.15) is 0 Å². The van der Waals surface area contributed by atoms with Crippen LogP contribution in [-0.4, -0.2) is 23.2 Å². The third-order valence-corrected chi connectivity index (χ3v) is 4.00. The minimum absolute atomic E-state index is 0.688. The Balaban J connectivity index is 1.68. The van der Waals surface area contributed by atoms with Crippen molar-refractivity contribution in [1.82, 2.24) is 15.5 Å². The number of hydrogen-bond donors (Lipinski definition) is 1. The summed E-state index contributed by atoms with van der Waals surface area (Å²) in [6.45, 7) is 2.22. The van der Waals surface area contributed by atoms with Crippen LogP contribution in [0.15, 0.2) is 22.0 Å². The molecule has 0 amide bonds. The van der Waals surface area contributed by atoms with E-state index in [2.05, 4.69) is 15.5 Å². The summed E-state index contributed by atoms with van der Waals surface area (Å²) in [6, 6.07) is 4.02. The molecular weight excluding hydrogens is 234 g/mol. The fourth-order valence-electron chi connectivity index (χ4n) is 2.18. The van der Waals surface area contributed by atoms with E-state index in [0.717, 1.165) is 36.1 Å². The van der Waals surface area contributed by atoms with Crippen molar-refractivity contribution in [1.29, 1.82) is 0 Å². The number of nitrogens with one attached hydrogen (secondary N) is 1. The van der Waals surface area contributed by atoms with Crippen LogP contribution in [-0.2, 0) is 6.42 Å². The molecule has 0 aromatic carbocycles. The standard InChI is InChI=1S/C12H15N3OS/c1-2-10(17-7-1)12-14-11(16-15-12)8-9-3-5-13-6-4-9/h1-2,7,9,13H,3-6,8H2. The van der Waals surface area contributed by atoms with E-state index in [1.165, 1.54) is 12.8 Å². The molecule has 0 spiro atoms. The second kappa shape index (κ2) is 4.98. The zero-order valence-electron chi connectivity index (χ0n) is 9.56. The van der Waals surface area contributed by atoms with Crippen molar-refractivity contribution < 1.29 is 4.52 Å². The van der Waals surface area contributed by atoms with Gasteiger partial charge >= 0.3 is 0 Å². The van der Waals surface area contributed by atoms with Crippen molar-refractivity contribution in [2.24, 2.45) is 5.92 Å². The van der Waals surface area contributed by atoms with Gasteiger partial charge < -0.3 is 9.84 Å². The molecule has 0 bridgehead atoms. The summed E-state index contributed by atoms with van der Waals surface area (Å²) >= 11 is 1.64. The average Bonchev–Trinajstić information content (AvgIpc) is 3.00. The lowest BCUT2D eigenvalue weighted by Crippen LogP contribution is -2.28. The van der Waals surface area contributed by atoms with Crippen LogP contribution < -0.4 is 5.32 Å². The van der Waals surface area contributed by atoms with Crippen molar-refractivity contribution in [2.75, 3.05) is 13.1 Å². The summed E-state index contributed by atoms with van der Waals surface area (Å²) in [5, 5.41) is 9.42. The highest BCUT2D eigenvalue weighted by molar-refractivity contribution is 7.13. The Kier molecular flexibility index (Phi) is 3.20. The van der Waals surface area contributed by atoms with Gasteiger partial charge in [-0.1, -0.05) is 11.2 Å². The summed E-state index contributed by atoms with van der Waals surface area (Å²) in [4.78, 5) is 5.53. The van der Waals surface area contributed by atoms with Crippen molar-refractivity contribution in [3.8, 4) is 10.7 Å². The molecule has 17 heavy (non-hydrogen) atoms. The van der Waals surface area contributed by atoms with Gasteiger partial charge in [0.05, 0.1) is 4.88 Å². The fourth-order valence-corrected chi connectivity index (χ4v) is 2.83. The first-order valence-corrected chi connectivity index (χ1v) is 6.87. The van der Waals surface area contributed by atoms with Gasteiger partial charge in [-0.3, -0.25) is 0 Å². The highest BCUT2D eigenvalue weighted by atomic mass is 32.1. The molecular formula is C12H15N3OS. The third kappa shape index (κ3) is 2.56. The molecule has 4 nitrogen and oxygen atoms in total. The summed E-state index contributed by atoms with van der Waals surface area (Å²) in [7, 11) is 0. The van der Waals surface area contributed by atoms with E-state index in [0.29, 0.717) is 5.92 Å². The zero-order chi connectivity index (χ0) is 11.5. The molecule has 0 unspecified atom stereocenters. The molecule has 3 heterocycles. The first kappa shape index (κ1) is 10.9. The molecule has 1 aliphatic rings. The highest BCUT2D eigenvalue weighted by Gasteiger charge is 2.17. The SMILES string of the molecule is c1csc(-c2noc(CC3CCNCC3)n2)c1. The van der Waals surface area contributed by atoms with Crippen molar-refractivity contribution >= 4 is 11.3 Å². The van der Waals surface area contributed by atoms with Gasteiger partial charge in [0.2, 0.25) is 11.7 Å². The third-order valence-electron chi connectivity index (χ3n) is 3.13. The van der Waals surface area contributed by atoms with E-state index in [-0.39, 0.29) is 0 Å². The van der Waals surface area contributed by atoms with Crippen molar-refractivity contribution in [2.45, 2.75) is 19.3 Å². The van der Waals surface area contributed by atoms with Crippen molar-refractivity contribution in [3.63, 3.8) is 0 Å². The molecule has 2 aromatic heterocycles. The van der Waals surface area contributed by atoms with Crippen LogP contribution in [0.5, 0.6) is 0 Å². The smallest absolute Gasteiger partial charge is 0.227 e. The molecule has 1 aliphatic heterocycles. The molecule has 1 fully saturated rings. The van der Waals surface area contributed by atoms with Gasteiger partial charge in [-0.2, -0.15) is 4.98 Å². The Morgan fingerprint density at radius 3 is 3.06 bits per heavy atom. The number of piperidine rings is 1. The van der Waals surface area contributed by atoms with Gasteiger partial charge in [-0.15, -0.1) is 11.3 Å². The summed E-state index contributed by atoms with van der Waals surface area (Å²) in [5.41, 5.74) is 0. The molecule has 0 atom stereocenters. The van der Waals surface area contributed by atoms with Crippen LogP contribution in [0.25, 0.3) is 10.7 Å². The van der Waals surface area contributed by atoms with Crippen LogP contribution in [0.4, 0.5) is 0 Å². The van der Waals surface area contributed by atoms with E-state index < -0.39 is 0 Å². The topological polar surface area (TPSA) is 51.0 Å². The summed E-state index contributed by atoms with van der Waals surface area (Å²) in [6.07, 6.45) is 3.33. The molecule has 3 rings (SSSR count). The highest BCUT2D eigenvalue weighted by Crippen LogP contribution is 2.23. The van der Waals surface area contributed by atoms with Gasteiger partial charge in [0.15, 0.2) is 0 Å². The summed E-state index contributed by atoms with van der Waals surface area (Å²) in [5.74, 6) is 2.19. The Morgan fingerprint density at radius 1 is 1.41 bits per heavy atom. The van der Waals surface area contributed by atoms with Gasteiger partial charge in [0, 0.05) is 6.42 Å². The maximum Gasteiger partial charge on any atom is 0.227 e. The maximum absolute atomic E-state index is 5.32. The monoisotopic (exact) mass is 249 g/mol.